The van der Waals surface area contributed by atoms with Gasteiger partial charge in [0, 0.05) is 11.7 Å². The molecule has 1 fully saturated rings. The number of hydrogen-bond acceptors (Lipinski definition) is 3. The number of aliphatic carboxylic acids is 1. The minimum atomic E-state index is -1.29. The van der Waals surface area contributed by atoms with E-state index in [-0.39, 0.29) is 11.7 Å². The van der Waals surface area contributed by atoms with Crippen LogP contribution in [0.1, 0.15) is 19.3 Å². The Hall–Kier alpha value is -0.510. The fraction of sp³-hybridized carbons (Fsp3) is 0.714. The normalized spacial score (nSPS) is 23.5. The summed E-state index contributed by atoms with van der Waals surface area (Å²) < 4.78 is 0. The molecule has 0 radical (unpaired) electrons. The zero-order chi connectivity index (χ0) is 8.27. The lowest BCUT2D eigenvalue weighted by Gasteiger charge is -2.02. The maximum absolute atomic E-state index is 10.7. The molecule has 1 N–H and O–H groups in total. The number of rotatable bonds is 3. The van der Waals surface area contributed by atoms with Crippen molar-refractivity contribution >= 4 is 23.5 Å². The Balaban J connectivity index is 2.29. The third kappa shape index (κ3) is 2.54. The SMILES string of the molecule is O=C(O)C(=O)CC1CCCS1. The maximum atomic E-state index is 10.7. The van der Waals surface area contributed by atoms with Crippen molar-refractivity contribution < 1.29 is 14.7 Å². The van der Waals surface area contributed by atoms with Gasteiger partial charge in [-0.2, -0.15) is 11.8 Å². The van der Waals surface area contributed by atoms with Gasteiger partial charge in [-0.1, -0.05) is 0 Å². The Morgan fingerprint density at radius 2 is 2.27 bits per heavy atom. The monoisotopic (exact) mass is 174 g/mol. The third-order valence-corrected chi connectivity index (χ3v) is 3.07. The van der Waals surface area contributed by atoms with Gasteiger partial charge in [0.05, 0.1) is 0 Å². The lowest BCUT2D eigenvalue weighted by molar-refractivity contribution is -0.149. The number of carbonyl (C=O) groups excluding carboxylic acids is 1. The van der Waals surface area contributed by atoms with Crippen LogP contribution in [-0.4, -0.2) is 27.9 Å². The zero-order valence-corrected chi connectivity index (χ0v) is 6.89. The van der Waals surface area contributed by atoms with Gasteiger partial charge in [0.1, 0.15) is 0 Å². The molecule has 1 aliphatic heterocycles. The molecule has 0 saturated carbocycles. The molecule has 3 nitrogen and oxygen atoms in total. The molecule has 0 bridgehead atoms. The molecular formula is C7H10O3S. The van der Waals surface area contributed by atoms with Gasteiger partial charge in [0.15, 0.2) is 0 Å². The smallest absolute Gasteiger partial charge is 0.372 e. The van der Waals surface area contributed by atoms with Crippen molar-refractivity contribution in [1.29, 1.82) is 0 Å². The highest BCUT2D eigenvalue weighted by Crippen LogP contribution is 2.28. The van der Waals surface area contributed by atoms with Crippen molar-refractivity contribution in [3.63, 3.8) is 0 Å². The second-order valence-electron chi connectivity index (χ2n) is 2.57. The highest BCUT2D eigenvalue weighted by molar-refractivity contribution is 8.00. The molecule has 0 aliphatic carbocycles. The Morgan fingerprint density at radius 3 is 2.73 bits per heavy atom. The van der Waals surface area contributed by atoms with E-state index < -0.39 is 11.8 Å². The van der Waals surface area contributed by atoms with Crippen LogP contribution in [0, 0.1) is 0 Å². The molecule has 62 valence electrons. The lowest BCUT2D eigenvalue weighted by atomic mass is 10.1. The summed E-state index contributed by atoms with van der Waals surface area (Å²) in [5.41, 5.74) is 0. The van der Waals surface area contributed by atoms with Crippen molar-refractivity contribution in [2.75, 3.05) is 5.75 Å². The summed E-state index contributed by atoms with van der Waals surface area (Å²) in [4.78, 5) is 20.8. The molecule has 1 saturated heterocycles. The molecule has 1 atom stereocenters. The molecular weight excluding hydrogens is 164 g/mol. The Bertz CT molecular complexity index is 173. The van der Waals surface area contributed by atoms with E-state index in [2.05, 4.69) is 0 Å². The summed E-state index contributed by atoms with van der Waals surface area (Å²) in [6, 6.07) is 0. The Labute approximate surface area is 69.2 Å². The van der Waals surface area contributed by atoms with Gasteiger partial charge >= 0.3 is 5.97 Å². The van der Waals surface area contributed by atoms with E-state index in [1.807, 2.05) is 0 Å². The number of ketones is 1. The first kappa shape index (κ1) is 8.59. The van der Waals surface area contributed by atoms with Crippen LogP contribution in [0.5, 0.6) is 0 Å². The molecule has 1 unspecified atom stereocenters. The van der Waals surface area contributed by atoms with E-state index in [1.54, 1.807) is 11.8 Å². The minimum Gasteiger partial charge on any atom is -0.476 e. The zero-order valence-electron chi connectivity index (χ0n) is 6.08. The van der Waals surface area contributed by atoms with Crippen LogP contribution in [0.25, 0.3) is 0 Å². The molecule has 0 aromatic heterocycles. The Kier molecular flexibility index (Phi) is 2.93. The summed E-state index contributed by atoms with van der Waals surface area (Å²) in [5.74, 6) is -0.876. The third-order valence-electron chi connectivity index (χ3n) is 1.68. The van der Waals surface area contributed by atoms with Crippen LogP contribution < -0.4 is 0 Å². The summed E-state index contributed by atoms with van der Waals surface area (Å²) in [6.07, 6.45) is 2.31. The number of carboxylic acid groups (broad SMARTS) is 1. The highest BCUT2D eigenvalue weighted by Gasteiger charge is 2.22. The van der Waals surface area contributed by atoms with E-state index in [9.17, 15) is 9.59 Å². The molecule has 4 heteroatoms. The van der Waals surface area contributed by atoms with E-state index in [0.29, 0.717) is 0 Å². The van der Waals surface area contributed by atoms with Crippen LogP contribution in [0.3, 0.4) is 0 Å². The van der Waals surface area contributed by atoms with Gasteiger partial charge in [0.2, 0.25) is 5.78 Å². The average molecular weight is 174 g/mol. The molecule has 0 aromatic carbocycles. The summed E-state index contributed by atoms with van der Waals surface area (Å²) in [7, 11) is 0. The largest absolute Gasteiger partial charge is 0.476 e. The van der Waals surface area contributed by atoms with E-state index in [0.717, 1.165) is 18.6 Å². The predicted octanol–water partition coefficient (Wildman–Crippen LogP) is 0.926. The summed E-state index contributed by atoms with van der Waals surface area (Å²) in [5, 5.41) is 8.55. The van der Waals surface area contributed by atoms with Gasteiger partial charge < -0.3 is 5.11 Å². The van der Waals surface area contributed by atoms with Crippen LogP contribution >= 0.6 is 11.8 Å². The molecule has 0 spiro atoms. The van der Waals surface area contributed by atoms with Crippen molar-refractivity contribution in [2.45, 2.75) is 24.5 Å². The van der Waals surface area contributed by atoms with Crippen LogP contribution in [0.2, 0.25) is 0 Å². The van der Waals surface area contributed by atoms with Crippen molar-refractivity contribution in [2.24, 2.45) is 0 Å². The molecule has 11 heavy (non-hydrogen) atoms. The first-order valence-corrected chi connectivity index (χ1v) is 4.63. The Morgan fingerprint density at radius 1 is 1.55 bits per heavy atom. The fourth-order valence-electron chi connectivity index (χ4n) is 1.10. The van der Waals surface area contributed by atoms with E-state index in [1.165, 1.54) is 0 Å². The van der Waals surface area contributed by atoms with Crippen molar-refractivity contribution in [1.82, 2.24) is 0 Å². The second-order valence-corrected chi connectivity index (χ2v) is 3.98. The highest BCUT2D eigenvalue weighted by atomic mass is 32.2. The number of carboxylic acids is 1. The number of thioether (sulfide) groups is 1. The van der Waals surface area contributed by atoms with Gasteiger partial charge in [-0.3, -0.25) is 4.79 Å². The summed E-state index contributed by atoms with van der Waals surface area (Å²) in [6.45, 7) is 0. The van der Waals surface area contributed by atoms with Gasteiger partial charge in [-0.05, 0) is 18.6 Å². The standard InChI is InChI=1S/C7H10O3S/c8-6(7(9)10)4-5-2-1-3-11-5/h5H,1-4H2,(H,9,10). The molecule has 1 heterocycles. The summed E-state index contributed by atoms with van der Waals surface area (Å²) >= 11 is 1.70. The minimum absolute atomic E-state index is 0.208. The van der Waals surface area contributed by atoms with Crippen molar-refractivity contribution in [3.05, 3.63) is 0 Å². The van der Waals surface area contributed by atoms with Crippen LogP contribution in [0.4, 0.5) is 0 Å². The van der Waals surface area contributed by atoms with E-state index in [4.69, 9.17) is 5.11 Å². The molecule has 1 rings (SSSR count). The number of Topliss-reactive ketones (excluding diaryl/α,β-unsaturated/α-hetero) is 1. The predicted molar refractivity (Wildman–Crippen MR) is 42.7 cm³/mol. The molecule has 0 aromatic rings. The van der Waals surface area contributed by atoms with E-state index >= 15 is 0 Å². The molecule has 0 amide bonds. The topological polar surface area (TPSA) is 54.4 Å². The average Bonchev–Trinajstić information content (AvgIpc) is 2.39. The first-order chi connectivity index (χ1) is 5.20. The fourth-order valence-corrected chi connectivity index (χ4v) is 2.37. The lowest BCUT2D eigenvalue weighted by Crippen LogP contribution is -2.16. The van der Waals surface area contributed by atoms with Gasteiger partial charge in [-0.25, -0.2) is 4.79 Å². The molecule has 1 aliphatic rings. The number of carbonyl (C=O) groups is 2. The van der Waals surface area contributed by atoms with Crippen molar-refractivity contribution in [3.8, 4) is 0 Å². The van der Waals surface area contributed by atoms with Crippen LogP contribution in [-0.2, 0) is 9.59 Å². The number of hydrogen-bond donors (Lipinski definition) is 1. The second kappa shape index (κ2) is 3.76. The van der Waals surface area contributed by atoms with Gasteiger partial charge in [0.25, 0.3) is 0 Å². The van der Waals surface area contributed by atoms with Crippen LogP contribution in [0.15, 0.2) is 0 Å². The van der Waals surface area contributed by atoms with Gasteiger partial charge in [-0.15, -0.1) is 0 Å². The first-order valence-electron chi connectivity index (χ1n) is 3.58. The quantitative estimate of drug-likeness (QED) is 0.646. The maximum Gasteiger partial charge on any atom is 0.372 e.